The van der Waals surface area contributed by atoms with E-state index in [-0.39, 0.29) is 27.7 Å². The fourth-order valence-electron chi connectivity index (χ4n) is 2.76. The Kier molecular flexibility index (Phi) is 6.07. The Morgan fingerprint density at radius 2 is 2.00 bits per heavy atom. The van der Waals surface area contributed by atoms with Crippen LogP contribution in [0.4, 0.5) is 0 Å². The van der Waals surface area contributed by atoms with Gasteiger partial charge in [-0.1, -0.05) is 0 Å². The van der Waals surface area contributed by atoms with Crippen LogP contribution in [0.1, 0.15) is 12.8 Å². The molecule has 0 aliphatic carbocycles. The zero-order valence-corrected chi connectivity index (χ0v) is 15.2. The number of halogens is 1. The van der Waals surface area contributed by atoms with Gasteiger partial charge in [-0.15, -0.1) is 0 Å². The molecule has 8 heteroatoms. The van der Waals surface area contributed by atoms with E-state index in [0.29, 0.717) is 0 Å². The van der Waals surface area contributed by atoms with Crippen molar-refractivity contribution in [3.63, 3.8) is 0 Å². The van der Waals surface area contributed by atoms with Crippen molar-refractivity contribution in [1.29, 1.82) is 0 Å². The van der Waals surface area contributed by atoms with Crippen molar-refractivity contribution in [1.82, 2.24) is 4.90 Å². The number of ether oxygens (including phenoxy) is 1. The number of hydrogen-bond acceptors (Lipinski definition) is 5. The second-order valence-electron chi connectivity index (χ2n) is 5.46. The van der Waals surface area contributed by atoms with Gasteiger partial charge in [0.15, 0.2) is 0 Å². The summed E-state index contributed by atoms with van der Waals surface area (Å²) in [4.78, 5) is 2.21. The molecule has 3 fully saturated rings. The summed E-state index contributed by atoms with van der Waals surface area (Å²) in [6.07, 6.45) is 3.26. The molecule has 0 aromatic carbocycles. The van der Waals surface area contributed by atoms with E-state index < -0.39 is 10.1 Å². The number of methoxy groups -OCH3 is 1. The molecule has 0 saturated carbocycles. The number of piperazine rings is 1. The Morgan fingerprint density at radius 3 is 2.60 bits per heavy atom. The topological polar surface area (TPSA) is 55.8 Å². The first-order chi connectivity index (χ1) is 9.44. The predicted molar refractivity (Wildman–Crippen MR) is 72.1 cm³/mol. The van der Waals surface area contributed by atoms with Gasteiger partial charge in [0.25, 0.3) is 0 Å². The molecule has 0 amide bonds. The molecule has 0 aromatic rings. The molecule has 1 unspecified atom stereocenters. The van der Waals surface area contributed by atoms with Gasteiger partial charge in [-0.25, -0.2) is 0 Å². The Hall–Kier alpha value is 0.520. The number of unbranched alkanes of at least 4 members (excludes halogenated alkanes) is 1. The molecule has 3 aliphatic rings. The van der Waals surface area contributed by atoms with Crippen LogP contribution >= 0.6 is 0 Å². The van der Waals surface area contributed by atoms with Gasteiger partial charge >= 0.3 is 133 Å². The second-order valence-corrected chi connectivity index (χ2v) is 10.7. The van der Waals surface area contributed by atoms with Crippen LogP contribution in [0, 0.1) is 0 Å². The van der Waals surface area contributed by atoms with Gasteiger partial charge in [0, 0.05) is 0 Å². The second kappa shape index (κ2) is 7.19. The van der Waals surface area contributed by atoms with Crippen LogP contribution in [0.15, 0.2) is 0 Å². The molecule has 2 bridgehead atoms. The normalized spacial score (nSPS) is 34.5. The molecule has 120 valence electrons. The summed E-state index contributed by atoms with van der Waals surface area (Å²) < 4.78 is 35.2. The monoisotopic (exact) mass is 420 g/mol. The van der Waals surface area contributed by atoms with Crippen LogP contribution in [-0.4, -0.2) is 79.4 Å². The molecule has 0 spiro atoms. The summed E-state index contributed by atoms with van der Waals surface area (Å²) in [5.41, 5.74) is 0. The zero-order chi connectivity index (χ0) is 14.6. The van der Waals surface area contributed by atoms with E-state index >= 15 is 0 Å². The van der Waals surface area contributed by atoms with Gasteiger partial charge in [0.05, 0.1) is 0 Å². The number of quaternary nitrogens is 1. The standard InChI is InChI=1S/C12H25IN2O4S/c1-18-10-4-3-7-15-8-5-14(6-9-15)12(11-13-15)19-20(2,16)17/h12H,3-11H2,1-2H3. The van der Waals surface area contributed by atoms with Crippen LogP contribution in [0.5, 0.6) is 0 Å². The maximum atomic E-state index is 11.4. The molecule has 20 heavy (non-hydrogen) atoms. The van der Waals surface area contributed by atoms with Crippen molar-refractivity contribution in [3.05, 3.63) is 0 Å². The van der Waals surface area contributed by atoms with Crippen LogP contribution in [0.25, 0.3) is 0 Å². The van der Waals surface area contributed by atoms with Gasteiger partial charge in [0.2, 0.25) is 0 Å². The molecule has 3 saturated heterocycles. The van der Waals surface area contributed by atoms with Gasteiger partial charge in [-0.2, -0.15) is 0 Å². The summed E-state index contributed by atoms with van der Waals surface area (Å²) in [5, 5.41) is 0. The molecular formula is C12H25IN2O4S. The van der Waals surface area contributed by atoms with Gasteiger partial charge in [-0.05, 0) is 0 Å². The van der Waals surface area contributed by atoms with Gasteiger partial charge < -0.3 is 0 Å². The zero-order valence-electron chi connectivity index (χ0n) is 12.3. The molecule has 6 nitrogen and oxygen atoms in total. The van der Waals surface area contributed by atoms with Crippen LogP contribution in [0.2, 0.25) is 0 Å². The van der Waals surface area contributed by atoms with E-state index in [0.717, 1.165) is 49.9 Å². The molecule has 3 aliphatic heterocycles. The van der Waals surface area contributed by atoms with Crippen molar-refractivity contribution in [2.75, 3.05) is 57.1 Å². The quantitative estimate of drug-likeness (QED) is 0.143. The van der Waals surface area contributed by atoms with E-state index in [2.05, 4.69) is 4.90 Å². The number of nitrogens with zero attached hydrogens (tertiary/aromatic N) is 2. The number of rotatable bonds is 7. The number of fused-ring (bicyclic) bond motifs is 4. The molecule has 0 N–H and O–H groups in total. The molecule has 0 aromatic heterocycles. The first kappa shape index (κ1) is 16.9. The summed E-state index contributed by atoms with van der Waals surface area (Å²) in [6.45, 7) is 6.29. The third-order valence-corrected chi connectivity index (χ3v) is 8.49. The molecule has 3 heterocycles. The third-order valence-electron chi connectivity index (χ3n) is 3.88. The molecule has 0 radical (unpaired) electrons. The SMILES string of the molecule is COCCCC[N+]12CCN(CC1)C(OS(C)(=O)=O)C[I-]2. The van der Waals surface area contributed by atoms with E-state index in [9.17, 15) is 8.42 Å². The molecule has 3 rings (SSSR count). The van der Waals surface area contributed by atoms with E-state index in [4.69, 9.17) is 8.92 Å². The Bertz CT molecular complexity index is 410. The minimum atomic E-state index is -3.36. The van der Waals surface area contributed by atoms with Crippen molar-refractivity contribution >= 4 is 10.1 Å². The van der Waals surface area contributed by atoms with E-state index in [1.54, 1.807) is 7.11 Å². The first-order valence-corrected chi connectivity index (χ1v) is 11.3. The predicted octanol–water partition coefficient (Wildman–Crippen LogP) is -3.13. The third kappa shape index (κ3) is 4.77. The van der Waals surface area contributed by atoms with E-state index in [1.165, 1.54) is 15.7 Å². The summed E-state index contributed by atoms with van der Waals surface area (Å²) in [7, 11) is -1.61. The number of hydrogen-bond donors (Lipinski definition) is 0. The fourth-order valence-corrected chi connectivity index (χ4v) is 7.31. The van der Waals surface area contributed by atoms with Crippen LogP contribution in [-0.2, 0) is 19.0 Å². The Balaban J connectivity index is 1.90. The average Bonchev–Trinajstić information content (AvgIpc) is 2.64. The minimum absolute atomic E-state index is 0.0755. The Morgan fingerprint density at radius 1 is 1.30 bits per heavy atom. The van der Waals surface area contributed by atoms with Crippen molar-refractivity contribution < 1.29 is 41.5 Å². The molecule has 1 atom stereocenters. The van der Waals surface area contributed by atoms with Gasteiger partial charge in [0.1, 0.15) is 0 Å². The average molecular weight is 420 g/mol. The first-order valence-electron chi connectivity index (χ1n) is 7.02. The van der Waals surface area contributed by atoms with Crippen molar-refractivity contribution in [2.24, 2.45) is 0 Å². The van der Waals surface area contributed by atoms with Crippen molar-refractivity contribution in [2.45, 2.75) is 19.1 Å². The Labute approximate surface area is 132 Å². The fraction of sp³-hybridized carbons (Fsp3) is 1.00. The summed E-state index contributed by atoms with van der Waals surface area (Å²) in [6, 6.07) is 0. The van der Waals surface area contributed by atoms with Gasteiger partial charge in [-0.3, -0.25) is 0 Å². The van der Waals surface area contributed by atoms with Crippen LogP contribution < -0.4 is 21.5 Å². The molecular weight excluding hydrogens is 395 g/mol. The van der Waals surface area contributed by atoms with Crippen LogP contribution in [0.3, 0.4) is 0 Å². The summed E-state index contributed by atoms with van der Waals surface area (Å²) >= 11 is -0.0755. The summed E-state index contributed by atoms with van der Waals surface area (Å²) in [5.74, 6) is 0. The number of alkyl halides is 1. The maximum absolute atomic E-state index is 11.4. The van der Waals surface area contributed by atoms with E-state index in [1.807, 2.05) is 0 Å². The van der Waals surface area contributed by atoms with Crippen molar-refractivity contribution in [3.8, 4) is 0 Å².